The molecule has 0 radical (unpaired) electrons. The van der Waals surface area contributed by atoms with Gasteiger partial charge in [0.1, 0.15) is 0 Å². The molecular formula is C21H20Cl2N2O3S. The van der Waals surface area contributed by atoms with E-state index in [1.54, 1.807) is 47.0 Å². The molecule has 8 heteroatoms. The highest BCUT2D eigenvalue weighted by Crippen LogP contribution is 2.22. The van der Waals surface area contributed by atoms with Crippen LogP contribution in [0.1, 0.15) is 23.7 Å². The molecule has 0 aliphatic carbocycles. The van der Waals surface area contributed by atoms with Crippen LogP contribution in [0.5, 0.6) is 0 Å². The molecule has 0 N–H and O–H groups in total. The molecule has 0 bridgehead atoms. The van der Waals surface area contributed by atoms with E-state index in [1.165, 1.54) is 11.8 Å². The minimum absolute atomic E-state index is 0.0621. The fourth-order valence-corrected chi connectivity index (χ4v) is 4.01. The smallest absolute Gasteiger partial charge is 0.262 e. The highest BCUT2D eigenvalue weighted by atomic mass is 35.5. The van der Waals surface area contributed by atoms with E-state index in [2.05, 4.69) is 4.98 Å². The summed E-state index contributed by atoms with van der Waals surface area (Å²) in [4.78, 5) is 30.1. The Morgan fingerprint density at radius 2 is 1.86 bits per heavy atom. The van der Waals surface area contributed by atoms with Crippen LogP contribution in [0.4, 0.5) is 0 Å². The fraction of sp³-hybridized carbons (Fsp3) is 0.286. The number of hydrogen-bond acceptors (Lipinski definition) is 5. The molecule has 29 heavy (non-hydrogen) atoms. The molecule has 0 saturated heterocycles. The van der Waals surface area contributed by atoms with Crippen molar-refractivity contribution in [1.82, 2.24) is 9.55 Å². The van der Waals surface area contributed by atoms with Gasteiger partial charge in [-0.1, -0.05) is 35.0 Å². The van der Waals surface area contributed by atoms with Gasteiger partial charge in [-0.25, -0.2) is 4.98 Å². The van der Waals surface area contributed by atoms with Crippen LogP contribution in [0, 0.1) is 0 Å². The zero-order valence-electron chi connectivity index (χ0n) is 15.9. The predicted octanol–water partition coefficient (Wildman–Crippen LogP) is 5.10. The van der Waals surface area contributed by atoms with Crippen molar-refractivity contribution < 1.29 is 9.53 Å². The summed E-state index contributed by atoms with van der Waals surface area (Å²) in [5.74, 6) is 0.0963. The molecule has 3 aromatic rings. The molecule has 0 unspecified atom stereocenters. The first-order valence-electron chi connectivity index (χ1n) is 9.19. The number of ketones is 1. The van der Waals surface area contributed by atoms with Crippen LogP contribution in [-0.2, 0) is 11.3 Å². The maximum atomic E-state index is 13.0. The Balaban J connectivity index is 1.87. The van der Waals surface area contributed by atoms with E-state index in [-0.39, 0.29) is 17.1 Å². The largest absolute Gasteiger partial charge is 0.382 e. The summed E-state index contributed by atoms with van der Waals surface area (Å²) in [5, 5.41) is 2.07. The number of nitrogens with zero attached hydrogens (tertiary/aromatic N) is 2. The topological polar surface area (TPSA) is 61.2 Å². The highest BCUT2D eigenvalue weighted by molar-refractivity contribution is 7.99. The van der Waals surface area contributed by atoms with E-state index in [1.807, 2.05) is 6.92 Å². The molecule has 0 spiro atoms. The lowest BCUT2D eigenvalue weighted by Crippen LogP contribution is -2.24. The molecule has 152 valence electrons. The second-order valence-corrected chi connectivity index (χ2v) is 8.10. The molecular weight excluding hydrogens is 431 g/mol. The summed E-state index contributed by atoms with van der Waals surface area (Å²) < 4.78 is 6.99. The standard InChI is InChI=1S/C21H20Cl2N2O3S/c1-2-28-11-3-10-25-20(27)17-9-8-16(23)12-18(17)24-21(25)29-13-19(26)14-4-6-15(22)7-5-14/h4-9,12H,2-3,10-11,13H2,1H3. The number of ether oxygens (including phenoxy) is 1. The number of rotatable bonds is 9. The van der Waals surface area contributed by atoms with E-state index >= 15 is 0 Å². The van der Waals surface area contributed by atoms with Gasteiger partial charge >= 0.3 is 0 Å². The van der Waals surface area contributed by atoms with Crippen LogP contribution < -0.4 is 5.56 Å². The molecule has 0 aliphatic heterocycles. The first-order chi connectivity index (χ1) is 14.0. The number of carbonyl (C=O) groups excluding carboxylic acids is 1. The number of Topliss-reactive ketones (excluding diaryl/α,β-unsaturated/α-hetero) is 1. The number of benzene rings is 2. The summed E-state index contributed by atoms with van der Waals surface area (Å²) in [7, 11) is 0. The summed E-state index contributed by atoms with van der Waals surface area (Å²) >= 11 is 13.2. The number of carbonyl (C=O) groups is 1. The molecule has 0 fully saturated rings. The summed E-state index contributed by atoms with van der Waals surface area (Å²) in [6.07, 6.45) is 0.674. The number of aromatic nitrogens is 2. The van der Waals surface area contributed by atoms with Crippen LogP contribution in [0.25, 0.3) is 10.9 Å². The Hall–Kier alpha value is -1.86. The second kappa shape index (κ2) is 10.3. The van der Waals surface area contributed by atoms with Gasteiger partial charge in [0.05, 0.1) is 16.7 Å². The van der Waals surface area contributed by atoms with Crippen molar-refractivity contribution in [3.05, 3.63) is 68.4 Å². The molecule has 5 nitrogen and oxygen atoms in total. The fourth-order valence-electron chi connectivity index (χ4n) is 2.80. The molecule has 0 atom stereocenters. The van der Waals surface area contributed by atoms with Gasteiger partial charge in [-0.3, -0.25) is 14.2 Å². The lowest BCUT2D eigenvalue weighted by atomic mass is 10.1. The molecule has 0 saturated carbocycles. The van der Waals surface area contributed by atoms with Gasteiger partial charge in [-0.15, -0.1) is 0 Å². The van der Waals surface area contributed by atoms with Crippen molar-refractivity contribution >= 4 is 51.6 Å². The van der Waals surface area contributed by atoms with Gasteiger partial charge in [0.2, 0.25) is 0 Å². The summed E-state index contributed by atoms with van der Waals surface area (Å²) in [6.45, 7) is 3.56. The van der Waals surface area contributed by atoms with Crippen LogP contribution in [0.15, 0.2) is 52.4 Å². The van der Waals surface area contributed by atoms with Crippen molar-refractivity contribution in [2.75, 3.05) is 19.0 Å². The normalized spacial score (nSPS) is 11.1. The van der Waals surface area contributed by atoms with E-state index in [0.717, 1.165) is 0 Å². The van der Waals surface area contributed by atoms with Gasteiger partial charge in [0, 0.05) is 35.4 Å². The third-order valence-electron chi connectivity index (χ3n) is 4.26. The van der Waals surface area contributed by atoms with Gasteiger partial charge in [-0.05, 0) is 55.8 Å². The Kier molecular flexibility index (Phi) is 7.72. The Bertz CT molecular complexity index is 1070. The molecule has 2 aromatic carbocycles. The van der Waals surface area contributed by atoms with E-state index in [9.17, 15) is 9.59 Å². The Labute approximate surface area is 183 Å². The van der Waals surface area contributed by atoms with Crippen molar-refractivity contribution in [2.24, 2.45) is 0 Å². The van der Waals surface area contributed by atoms with E-state index in [0.29, 0.717) is 57.8 Å². The van der Waals surface area contributed by atoms with Gasteiger partial charge in [-0.2, -0.15) is 0 Å². The number of hydrogen-bond donors (Lipinski definition) is 0. The van der Waals surface area contributed by atoms with E-state index < -0.39 is 0 Å². The zero-order valence-corrected chi connectivity index (χ0v) is 18.2. The van der Waals surface area contributed by atoms with Crippen LogP contribution >= 0.6 is 35.0 Å². The quantitative estimate of drug-likeness (QED) is 0.196. The maximum Gasteiger partial charge on any atom is 0.262 e. The van der Waals surface area contributed by atoms with E-state index in [4.69, 9.17) is 27.9 Å². The highest BCUT2D eigenvalue weighted by Gasteiger charge is 2.14. The maximum absolute atomic E-state index is 13.0. The second-order valence-electron chi connectivity index (χ2n) is 6.28. The Morgan fingerprint density at radius 3 is 2.59 bits per heavy atom. The van der Waals surface area contributed by atoms with Crippen LogP contribution in [0.3, 0.4) is 0 Å². The Morgan fingerprint density at radius 1 is 1.14 bits per heavy atom. The molecule has 1 aromatic heterocycles. The third-order valence-corrected chi connectivity index (χ3v) is 5.72. The molecule has 3 rings (SSSR count). The van der Waals surface area contributed by atoms with Crippen molar-refractivity contribution in [3.8, 4) is 0 Å². The number of thioether (sulfide) groups is 1. The third kappa shape index (κ3) is 5.60. The average molecular weight is 451 g/mol. The van der Waals surface area contributed by atoms with Crippen LogP contribution in [0.2, 0.25) is 10.0 Å². The SMILES string of the molecule is CCOCCCn1c(SCC(=O)c2ccc(Cl)cc2)nc2cc(Cl)ccc2c1=O. The minimum atomic E-state index is -0.149. The first-order valence-corrected chi connectivity index (χ1v) is 10.9. The summed E-state index contributed by atoms with van der Waals surface area (Å²) in [5.41, 5.74) is 0.936. The first kappa shape index (κ1) is 21.8. The van der Waals surface area contributed by atoms with Gasteiger partial charge in [0.15, 0.2) is 10.9 Å². The predicted molar refractivity (Wildman–Crippen MR) is 119 cm³/mol. The van der Waals surface area contributed by atoms with Crippen molar-refractivity contribution in [2.45, 2.75) is 25.0 Å². The molecule has 0 aliphatic rings. The summed E-state index contributed by atoms with van der Waals surface area (Å²) in [6, 6.07) is 11.8. The lowest BCUT2D eigenvalue weighted by molar-refractivity contribution is 0.102. The average Bonchev–Trinajstić information content (AvgIpc) is 2.71. The number of halogens is 2. The van der Waals surface area contributed by atoms with Crippen molar-refractivity contribution in [1.29, 1.82) is 0 Å². The molecule has 0 amide bonds. The monoisotopic (exact) mass is 450 g/mol. The number of fused-ring (bicyclic) bond motifs is 1. The lowest BCUT2D eigenvalue weighted by Gasteiger charge is -2.13. The van der Waals surface area contributed by atoms with Crippen LogP contribution in [-0.4, -0.2) is 34.3 Å². The van der Waals surface area contributed by atoms with Gasteiger partial charge in [0.25, 0.3) is 5.56 Å². The minimum Gasteiger partial charge on any atom is -0.382 e. The molecule has 1 heterocycles. The zero-order chi connectivity index (χ0) is 20.8. The van der Waals surface area contributed by atoms with Crippen molar-refractivity contribution in [3.63, 3.8) is 0 Å². The van der Waals surface area contributed by atoms with Gasteiger partial charge < -0.3 is 4.74 Å².